The number of hydrogen-bond acceptors (Lipinski definition) is 5. The summed E-state index contributed by atoms with van der Waals surface area (Å²) >= 11 is 13.2. The molecule has 0 fully saturated rings. The van der Waals surface area contributed by atoms with Crippen LogP contribution < -0.4 is 5.32 Å². The van der Waals surface area contributed by atoms with Crippen molar-refractivity contribution in [3.63, 3.8) is 0 Å². The molecule has 10 heteroatoms. The van der Waals surface area contributed by atoms with Gasteiger partial charge in [0.15, 0.2) is 0 Å². The van der Waals surface area contributed by atoms with Crippen LogP contribution in [0.25, 0.3) is 11.0 Å². The predicted octanol–water partition coefficient (Wildman–Crippen LogP) is 5.46. The summed E-state index contributed by atoms with van der Waals surface area (Å²) in [6.07, 6.45) is 2.01. The lowest BCUT2D eigenvalue weighted by molar-refractivity contribution is -0.139. The molecule has 8 nitrogen and oxygen atoms in total. The number of aliphatic hydroxyl groups is 1. The molecule has 0 spiro atoms. The van der Waals surface area contributed by atoms with Crippen LogP contribution in [0.15, 0.2) is 65.3 Å². The number of halogens is 2. The van der Waals surface area contributed by atoms with Crippen molar-refractivity contribution in [1.29, 1.82) is 0 Å². The molecule has 0 radical (unpaired) electrons. The molecule has 2 amide bonds. The summed E-state index contributed by atoms with van der Waals surface area (Å²) in [6.45, 7) is 2.46. The molecule has 0 saturated carbocycles. The van der Waals surface area contributed by atoms with Crippen LogP contribution in [-0.2, 0) is 24.2 Å². The topological polar surface area (TPSA) is 120 Å². The zero-order chi connectivity index (χ0) is 29.3. The van der Waals surface area contributed by atoms with Gasteiger partial charge in [0.05, 0.1) is 21.9 Å². The van der Waals surface area contributed by atoms with Gasteiger partial charge >= 0.3 is 5.97 Å². The Bertz CT molecular complexity index is 1650. The number of furan rings is 1. The summed E-state index contributed by atoms with van der Waals surface area (Å²) in [5, 5.41) is 23.0. The highest BCUT2D eigenvalue weighted by atomic mass is 35.5. The first-order valence-electron chi connectivity index (χ1n) is 13.2. The summed E-state index contributed by atoms with van der Waals surface area (Å²) in [5.41, 5.74) is 4.12. The van der Waals surface area contributed by atoms with Crippen LogP contribution in [0.5, 0.6) is 0 Å². The van der Waals surface area contributed by atoms with Gasteiger partial charge in [0.2, 0.25) is 0 Å². The van der Waals surface area contributed by atoms with E-state index in [0.29, 0.717) is 35.2 Å². The Morgan fingerprint density at radius 1 is 1.10 bits per heavy atom. The molecule has 1 aromatic heterocycles. The number of hydrogen-bond donors (Lipinski definition) is 3. The molecule has 2 unspecified atom stereocenters. The number of benzene rings is 3. The molecule has 4 aromatic rings. The SMILES string of the molecule is CC(CO)c1cccc(CC(NC(=O)c2c(Cl)cc3c(c2Cl)CCN(C(=O)c2ccc4ccoc4c2)C3)C(=O)O)c1. The van der Waals surface area contributed by atoms with E-state index in [1.165, 1.54) is 0 Å². The molecule has 1 aliphatic rings. The summed E-state index contributed by atoms with van der Waals surface area (Å²) in [7, 11) is 0. The summed E-state index contributed by atoms with van der Waals surface area (Å²) < 4.78 is 5.42. The highest BCUT2D eigenvalue weighted by Crippen LogP contribution is 2.35. The van der Waals surface area contributed by atoms with Crippen LogP contribution in [0.1, 0.15) is 55.8 Å². The second-order valence-electron chi connectivity index (χ2n) is 10.2. The van der Waals surface area contributed by atoms with Crippen molar-refractivity contribution in [3.8, 4) is 0 Å². The average Bonchev–Trinajstić information content (AvgIpc) is 3.44. The Morgan fingerprint density at radius 3 is 2.66 bits per heavy atom. The van der Waals surface area contributed by atoms with Crippen molar-refractivity contribution in [1.82, 2.24) is 10.2 Å². The molecule has 5 rings (SSSR count). The van der Waals surface area contributed by atoms with Gasteiger partial charge < -0.3 is 24.8 Å². The fraction of sp³-hybridized carbons (Fsp3) is 0.258. The van der Waals surface area contributed by atoms with Gasteiger partial charge in [-0.25, -0.2) is 4.79 Å². The maximum atomic E-state index is 13.3. The van der Waals surface area contributed by atoms with Gasteiger partial charge in [0.25, 0.3) is 11.8 Å². The number of carbonyl (C=O) groups excluding carboxylic acids is 2. The van der Waals surface area contributed by atoms with E-state index in [2.05, 4.69) is 5.32 Å². The third kappa shape index (κ3) is 5.95. The molecule has 3 N–H and O–H groups in total. The number of nitrogens with zero attached hydrogens (tertiary/aromatic N) is 1. The maximum Gasteiger partial charge on any atom is 0.326 e. The van der Waals surface area contributed by atoms with E-state index in [-0.39, 0.29) is 47.0 Å². The molecule has 0 saturated heterocycles. The quantitative estimate of drug-likeness (QED) is 0.249. The maximum absolute atomic E-state index is 13.3. The van der Waals surface area contributed by atoms with Crippen LogP contribution >= 0.6 is 23.2 Å². The van der Waals surface area contributed by atoms with Crippen LogP contribution in [-0.4, -0.2) is 52.1 Å². The van der Waals surface area contributed by atoms with Crippen molar-refractivity contribution in [2.45, 2.75) is 38.3 Å². The molecule has 41 heavy (non-hydrogen) atoms. The third-order valence-corrected chi connectivity index (χ3v) is 8.17. The van der Waals surface area contributed by atoms with E-state index < -0.39 is 17.9 Å². The number of rotatable bonds is 8. The van der Waals surface area contributed by atoms with E-state index in [1.54, 1.807) is 41.5 Å². The van der Waals surface area contributed by atoms with Gasteiger partial charge in [0.1, 0.15) is 11.6 Å². The fourth-order valence-electron chi connectivity index (χ4n) is 5.10. The molecule has 1 aliphatic heterocycles. The van der Waals surface area contributed by atoms with Crippen molar-refractivity contribution in [2.75, 3.05) is 13.2 Å². The van der Waals surface area contributed by atoms with E-state index in [9.17, 15) is 24.6 Å². The van der Waals surface area contributed by atoms with E-state index in [1.807, 2.05) is 31.2 Å². The summed E-state index contributed by atoms with van der Waals surface area (Å²) in [4.78, 5) is 40.3. The van der Waals surface area contributed by atoms with Crippen molar-refractivity contribution in [2.24, 2.45) is 0 Å². The number of carbonyl (C=O) groups is 3. The average molecular weight is 595 g/mol. The summed E-state index contributed by atoms with van der Waals surface area (Å²) in [6, 6.07) is 14.8. The second-order valence-corrected chi connectivity index (χ2v) is 11.0. The van der Waals surface area contributed by atoms with Gasteiger partial charge in [0, 0.05) is 43.0 Å². The van der Waals surface area contributed by atoms with Crippen molar-refractivity contribution >= 4 is 52.0 Å². The second kappa shape index (κ2) is 11.9. The fourth-order valence-corrected chi connectivity index (χ4v) is 5.87. The van der Waals surface area contributed by atoms with E-state index >= 15 is 0 Å². The normalized spacial score (nSPS) is 14.4. The number of nitrogens with one attached hydrogen (secondary N) is 1. The molecule has 212 valence electrons. The molecule has 2 atom stereocenters. The first-order chi connectivity index (χ1) is 19.7. The molecular formula is C31H28Cl2N2O6. The number of carboxylic acid groups (broad SMARTS) is 1. The summed E-state index contributed by atoms with van der Waals surface area (Å²) in [5.74, 6) is -2.16. The Balaban J connectivity index is 1.33. The van der Waals surface area contributed by atoms with Crippen LogP contribution in [0, 0.1) is 0 Å². The minimum atomic E-state index is -1.23. The predicted molar refractivity (Wildman–Crippen MR) is 156 cm³/mol. The number of aliphatic carboxylic acids is 1. The number of amides is 2. The largest absolute Gasteiger partial charge is 0.480 e. The molecule has 0 aliphatic carbocycles. The standard InChI is InChI=1S/C31H28Cl2N2O6/c1-17(16-36)20-4-2-3-18(11-20)12-25(31(39)40)34-29(37)27-24(32)13-22-15-35(9-7-23(22)28(27)33)30(38)21-6-5-19-8-10-41-26(19)14-21/h2-6,8,10-11,13-14,17,25,36H,7,9,12,15-16H2,1H3,(H,34,37)(H,39,40). The van der Waals surface area contributed by atoms with Crippen molar-refractivity contribution < 1.29 is 29.0 Å². The number of fused-ring (bicyclic) bond motifs is 2. The monoisotopic (exact) mass is 594 g/mol. The molecule has 2 heterocycles. The first-order valence-corrected chi connectivity index (χ1v) is 13.9. The highest BCUT2D eigenvalue weighted by molar-refractivity contribution is 6.40. The van der Waals surface area contributed by atoms with Gasteiger partial charge in [-0.2, -0.15) is 0 Å². The first kappa shape index (κ1) is 28.7. The minimum Gasteiger partial charge on any atom is -0.480 e. The van der Waals surface area contributed by atoms with E-state index in [0.717, 1.165) is 16.5 Å². The van der Waals surface area contributed by atoms with Gasteiger partial charge in [-0.05, 0) is 52.9 Å². The Hall–Kier alpha value is -3.85. The molecular weight excluding hydrogens is 567 g/mol. The van der Waals surface area contributed by atoms with Gasteiger partial charge in [-0.3, -0.25) is 9.59 Å². The Kier molecular flexibility index (Phi) is 8.35. The van der Waals surface area contributed by atoms with Crippen LogP contribution in [0.3, 0.4) is 0 Å². The zero-order valence-electron chi connectivity index (χ0n) is 22.2. The van der Waals surface area contributed by atoms with Crippen molar-refractivity contribution in [3.05, 3.63) is 104 Å². The smallest absolute Gasteiger partial charge is 0.326 e. The lowest BCUT2D eigenvalue weighted by Crippen LogP contribution is -2.42. The van der Waals surface area contributed by atoms with E-state index in [4.69, 9.17) is 27.6 Å². The van der Waals surface area contributed by atoms with Crippen LogP contribution in [0.4, 0.5) is 0 Å². The lowest BCUT2D eigenvalue weighted by Gasteiger charge is -2.30. The number of aliphatic hydroxyl groups excluding tert-OH is 1. The minimum absolute atomic E-state index is 0.00374. The highest BCUT2D eigenvalue weighted by Gasteiger charge is 2.30. The third-order valence-electron chi connectivity index (χ3n) is 7.46. The number of carboxylic acids is 1. The molecule has 0 bridgehead atoms. The van der Waals surface area contributed by atoms with Crippen LogP contribution in [0.2, 0.25) is 10.0 Å². The van der Waals surface area contributed by atoms with Gasteiger partial charge in [-0.1, -0.05) is 60.5 Å². The Morgan fingerprint density at radius 2 is 1.90 bits per heavy atom. The molecule has 3 aromatic carbocycles. The van der Waals surface area contributed by atoms with Gasteiger partial charge in [-0.15, -0.1) is 0 Å². The zero-order valence-corrected chi connectivity index (χ0v) is 23.7. The Labute approximate surface area is 246 Å². The lowest BCUT2D eigenvalue weighted by atomic mass is 9.95.